The summed E-state index contributed by atoms with van der Waals surface area (Å²) in [7, 11) is 0. The molecule has 2 heterocycles. The van der Waals surface area contributed by atoms with E-state index in [0.29, 0.717) is 44.3 Å². The van der Waals surface area contributed by atoms with Crippen LogP contribution in [0.2, 0.25) is 0 Å². The van der Waals surface area contributed by atoms with Crippen molar-refractivity contribution in [2.24, 2.45) is 5.92 Å². The van der Waals surface area contributed by atoms with Gasteiger partial charge in [-0.05, 0) is 44.6 Å². The fraction of sp³-hybridized carbons (Fsp3) is 0.520. The van der Waals surface area contributed by atoms with Crippen LogP contribution in [0.15, 0.2) is 30.3 Å². The molecule has 0 radical (unpaired) electrons. The first kappa shape index (κ1) is 23.0. The molecule has 1 N–H and O–H groups in total. The minimum absolute atomic E-state index is 0.0318. The number of hydrogen-bond acceptors (Lipinski definition) is 4. The molecular formula is C25H33N5O3. The van der Waals surface area contributed by atoms with Crippen LogP contribution in [0.5, 0.6) is 0 Å². The summed E-state index contributed by atoms with van der Waals surface area (Å²) in [5.74, 6) is 0.241. The molecule has 0 bridgehead atoms. The quantitative estimate of drug-likeness (QED) is 0.635. The first-order valence-electron chi connectivity index (χ1n) is 11.9. The summed E-state index contributed by atoms with van der Waals surface area (Å²) >= 11 is 0. The summed E-state index contributed by atoms with van der Waals surface area (Å²) in [6.07, 6.45) is 3.42. The van der Waals surface area contributed by atoms with E-state index in [1.165, 1.54) is 18.4 Å². The molecule has 8 nitrogen and oxygen atoms in total. The van der Waals surface area contributed by atoms with Crippen LogP contribution in [0.1, 0.15) is 64.7 Å². The van der Waals surface area contributed by atoms with E-state index < -0.39 is 0 Å². The van der Waals surface area contributed by atoms with E-state index in [0.717, 1.165) is 18.5 Å². The first-order chi connectivity index (χ1) is 15.9. The molecular weight excluding hydrogens is 418 g/mol. The Morgan fingerprint density at radius 1 is 1.18 bits per heavy atom. The van der Waals surface area contributed by atoms with Crippen LogP contribution in [0.3, 0.4) is 0 Å². The van der Waals surface area contributed by atoms with Gasteiger partial charge in [0.15, 0.2) is 5.69 Å². The summed E-state index contributed by atoms with van der Waals surface area (Å²) in [5.41, 5.74) is 2.97. The Balaban J connectivity index is 1.40. The minimum atomic E-state index is -0.244. The molecule has 3 amide bonds. The maximum Gasteiger partial charge on any atom is 0.274 e. The number of benzene rings is 1. The molecule has 1 aromatic heterocycles. The molecule has 1 fully saturated rings. The molecule has 0 atom stereocenters. The third-order valence-electron chi connectivity index (χ3n) is 6.36. The molecule has 0 saturated heterocycles. The van der Waals surface area contributed by atoms with Gasteiger partial charge in [0.2, 0.25) is 5.91 Å². The molecule has 1 saturated carbocycles. The summed E-state index contributed by atoms with van der Waals surface area (Å²) in [6, 6.07) is 9.78. The van der Waals surface area contributed by atoms with Crippen molar-refractivity contribution in [1.29, 1.82) is 0 Å². The van der Waals surface area contributed by atoms with Crippen molar-refractivity contribution in [3.8, 4) is 0 Å². The monoisotopic (exact) mass is 451 g/mol. The molecule has 1 aliphatic heterocycles. The number of amides is 3. The van der Waals surface area contributed by atoms with Crippen LogP contribution >= 0.6 is 0 Å². The fourth-order valence-corrected chi connectivity index (χ4v) is 4.07. The maximum atomic E-state index is 13.2. The van der Waals surface area contributed by atoms with Crippen molar-refractivity contribution in [1.82, 2.24) is 24.9 Å². The number of hydrogen-bond donors (Lipinski definition) is 1. The number of aryl methyl sites for hydroxylation is 2. The van der Waals surface area contributed by atoms with Gasteiger partial charge in [-0.3, -0.25) is 19.1 Å². The Labute approximate surface area is 194 Å². The molecule has 8 heteroatoms. The number of carbonyl (C=O) groups excluding carboxylic acids is 3. The number of carbonyl (C=O) groups is 3. The first-order valence-corrected chi connectivity index (χ1v) is 11.9. The molecule has 0 spiro atoms. The van der Waals surface area contributed by atoms with Crippen molar-refractivity contribution < 1.29 is 14.4 Å². The molecule has 0 unspecified atom stereocenters. The van der Waals surface area contributed by atoms with Crippen molar-refractivity contribution >= 4 is 17.7 Å². The topological polar surface area (TPSA) is 87.5 Å². The van der Waals surface area contributed by atoms with Crippen LogP contribution in [-0.2, 0) is 17.9 Å². The van der Waals surface area contributed by atoms with Crippen molar-refractivity contribution in [2.75, 3.05) is 26.2 Å². The zero-order valence-electron chi connectivity index (χ0n) is 19.5. The van der Waals surface area contributed by atoms with E-state index in [2.05, 4.69) is 10.4 Å². The molecule has 176 valence electrons. The predicted octanol–water partition coefficient (Wildman–Crippen LogP) is 2.62. The predicted molar refractivity (Wildman–Crippen MR) is 125 cm³/mol. The van der Waals surface area contributed by atoms with Gasteiger partial charge < -0.3 is 15.1 Å². The normalized spacial score (nSPS) is 15.7. The lowest BCUT2D eigenvalue weighted by Gasteiger charge is -2.20. The van der Waals surface area contributed by atoms with E-state index in [-0.39, 0.29) is 29.8 Å². The number of fused-ring (bicyclic) bond motifs is 1. The lowest BCUT2D eigenvalue weighted by atomic mass is 10.1. The van der Waals surface area contributed by atoms with Gasteiger partial charge in [0, 0.05) is 51.8 Å². The van der Waals surface area contributed by atoms with Crippen LogP contribution in [0.25, 0.3) is 0 Å². The number of aromatic nitrogens is 2. The molecule has 1 aromatic carbocycles. The van der Waals surface area contributed by atoms with Crippen molar-refractivity contribution in [3.05, 3.63) is 52.8 Å². The second-order valence-corrected chi connectivity index (χ2v) is 9.09. The van der Waals surface area contributed by atoms with E-state index in [9.17, 15) is 14.4 Å². The standard InChI is InChI=1S/C25H33N5O3/c1-3-28(14-11-23(31)26-16-19-9-10-19)24(32)21-15-22-25(33)29(12-4-13-30(22)27-21)17-20-7-5-18(2)6-8-20/h5-8,15,19H,3-4,9-14,16-17H2,1-2H3,(H,26,31). The Hall–Kier alpha value is -3.16. The lowest BCUT2D eigenvalue weighted by Crippen LogP contribution is -2.36. The molecule has 2 aliphatic rings. The Bertz CT molecular complexity index is 1010. The Morgan fingerprint density at radius 3 is 2.64 bits per heavy atom. The summed E-state index contributed by atoms with van der Waals surface area (Å²) in [6.45, 7) is 7.24. The van der Waals surface area contributed by atoms with Gasteiger partial charge in [0.25, 0.3) is 11.8 Å². The zero-order chi connectivity index (χ0) is 23.4. The van der Waals surface area contributed by atoms with Crippen LogP contribution in [0.4, 0.5) is 0 Å². The highest BCUT2D eigenvalue weighted by atomic mass is 16.2. The zero-order valence-corrected chi connectivity index (χ0v) is 19.5. The minimum Gasteiger partial charge on any atom is -0.356 e. The molecule has 33 heavy (non-hydrogen) atoms. The van der Waals surface area contributed by atoms with Gasteiger partial charge in [0.1, 0.15) is 5.69 Å². The SMILES string of the molecule is CCN(CCC(=O)NCC1CC1)C(=O)c1cc2n(n1)CCCN(Cc1ccc(C)cc1)C2=O. The molecule has 1 aliphatic carbocycles. The van der Waals surface area contributed by atoms with Crippen LogP contribution < -0.4 is 5.32 Å². The average Bonchev–Trinajstić information content (AvgIpc) is 3.57. The molecule has 4 rings (SSSR count). The largest absolute Gasteiger partial charge is 0.356 e. The van der Waals surface area contributed by atoms with Gasteiger partial charge >= 0.3 is 0 Å². The number of nitrogens with zero attached hydrogens (tertiary/aromatic N) is 4. The summed E-state index contributed by atoms with van der Waals surface area (Å²) < 4.78 is 1.65. The highest BCUT2D eigenvalue weighted by Crippen LogP contribution is 2.27. The van der Waals surface area contributed by atoms with Crippen LogP contribution in [-0.4, -0.2) is 63.5 Å². The second-order valence-electron chi connectivity index (χ2n) is 9.09. The van der Waals surface area contributed by atoms with Crippen molar-refractivity contribution in [3.63, 3.8) is 0 Å². The third-order valence-corrected chi connectivity index (χ3v) is 6.36. The van der Waals surface area contributed by atoms with Gasteiger partial charge in [-0.2, -0.15) is 5.10 Å². The summed E-state index contributed by atoms with van der Waals surface area (Å²) in [5, 5.41) is 7.39. The van der Waals surface area contributed by atoms with Gasteiger partial charge in [0.05, 0.1) is 0 Å². The van der Waals surface area contributed by atoms with E-state index in [4.69, 9.17) is 0 Å². The Morgan fingerprint density at radius 2 is 1.94 bits per heavy atom. The maximum absolute atomic E-state index is 13.2. The second kappa shape index (κ2) is 10.2. The highest BCUT2D eigenvalue weighted by Gasteiger charge is 2.28. The van der Waals surface area contributed by atoms with E-state index >= 15 is 0 Å². The average molecular weight is 452 g/mol. The van der Waals surface area contributed by atoms with E-state index in [1.807, 2.05) is 43.0 Å². The smallest absolute Gasteiger partial charge is 0.274 e. The van der Waals surface area contributed by atoms with Crippen LogP contribution in [0, 0.1) is 12.8 Å². The van der Waals surface area contributed by atoms with E-state index in [1.54, 1.807) is 15.6 Å². The number of rotatable bonds is 9. The highest BCUT2D eigenvalue weighted by molar-refractivity contribution is 5.98. The third kappa shape index (κ3) is 5.80. The van der Waals surface area contributed by atoms with Gasteiger partial charge in [-0.1, -0.05) is 29.8 Å². The Kier molecular flexibility index (Phi) is 7.11. The van der Waals surface area contributed by atoms with Gasteiger partial charge in [-0.25, -0.2) is 0 Å². The summed E-state index contributed by atoms with van der Waals surface area (Å²) in [4.78, 5) is 41.8. The molecule has 2 aromatic rings. The number of nitrogens with one attached hydrogen (secondary N) is 1. The van der Waals surface area contributed by atoms with Crippen molar-refractivity contribution in [2.45, 2.75) is 52.6 Å². The fourth-order valence-electron chi connectivity index (χ4n) is 4.07. The lowest BCUT2D eigenvalue weighted by molar-refractivity contribution is -0.121. The van der Waals surface area contributed by atoms with Gasteiger partial charge in [-0.15, -0.1) is 0 Å².